The third kappa shape index (κ3) is 48.5. The van der Waals surface area contributed by atoms with Crippen molar-refractivity contribution in [2.24, 2.45) is 0 Å². The molecule has 0 aromatic carbocycles. The number of aliphatic hydroxyl groups is 2. The van der Waals surface area contributed by atoms with Gasteiger partial charge in [-0.15, -0.1) is 0 Å². The summed E-state index contributed by atoms with van der Waals surface area (Å²) in [4.78, 5) is 0. The fourth-order valence-electron chi connectivity index (χ4n) is 0.854. The summed E-state index contributed by atoms with van der Waals surface area (Å²) in [6.45, 7) is 6.44. The normalized spacial score (nSPS) is 7.85. The summed E-state index contributed by atoms with van der Waals surface area (Å²) in [5, 5.41) is 14.6. The molecule has 0 aromatic rings. The molecule has 0 amide bonds. The molecule has 84 valence electrons. The Morgan fingerprint density at radius 1 is 0.692 bits per heavy atom. The molecular weight excluding hydrogens is 164 g/mol. The number of hydrogen-bond acceptors (Lipinski definition) is 2. The number of unbranched alkanes of at least 4 members (excludes halogenated alkanes) is 5. The molecule has 0 spiro atoms. The largest absolute Gasteiger partial charge is 0.400 e. The molecule has 0 rings (SSSR count). The first-order valence-corrected chi connectivity index (χ1v) is 5.38. The van der Waals surface area contributed by atoms with Crippen molar-refractivity contribution >= 4 is 0 Å². The lowest BCUT2D eigenvalue weighted by molar-refractivity contribution is 0.318. The Labute approximate surface area is 84.0 Å². The van der Waals surface area contributed by atoms with E-state index in [1.807, 2.05) is 0 Å². The first kappa shape index (κ1) is 18.7. The van der Waals surface area contributed by atoms with Gasteiger partial charge in [0.25, 0.3) is 0 Å². The quantitative estimate of drug-likeness (QED) is 0.657. The molecule has 0 radical (unpaired) electrons. The summed E-state index contributed by atoms with van der Waals surface area (Å²) in [5.41, 5.74) is 0. The third-order valence-electron chi connectivity index (χ3n) is 1.46. The van der Waals surface area contributed by atoms with Crippen LogP contribution in [-0.4, -0.2) is 23.9 Å². The van der Waals surface area contributed by atoms with Gasteiger partial charge in [-0.05, 0) is 6.92 Å². The monoisotopic (exact) mass is 192 g/mol. The van der Waals surface area contributed by atoms with Crippen molar-refractivity contribution in [3.05, 3.63) is 0 Å². The lowest BCUT2D eigenvalue weighted by atomic mass is 10.1. The highest BCUT2D eigenvalue weighted by Crippen LogP contribution is 2.03. The van der Waals surface area contributed by atoms with Crippen LogP contribution >= 0.6 is 0 Å². The number of aliphatic hydroxyl groups excluding tert-OH is 2. The molecular formula is C11H28O2. The smallest absolute Gasteiger partial charge is 0.0402 e. The molecule has 13 heavy (non-hydrogen) atoms. The molecule has 0 atom stereocenters. The van der Waals surface area contributed by atoms with E-state index in [0.29, 0.717) is 0 Å². The van der Waals surface area contributed by atoms with E-state index in [-0.39, 0.29) is 6.61 Å². The molecule has 0 heterocycles. The van der Waals surface area contributed by atoms with Crippen molar-refractivity contribution in [1.82, 2.24) is 0 Å². The van der Waals surface area contributed by atoms with Gasteiger partial charge < -0.3 is 10.2 Å². The predicted octanol–water partition coefficient (Wildman–Crippen LogP) is 2.97. The second-order valence-corrected chi connectivity index (χ2v) is 2.73. The molecule has 0 aliphatic carbocycles. The van der Waals surface area contributed by atoms with Crippen LogP contribution < -0.4 is 0 Å². The van der Waals surface area contributed by atoms with Crippen LogP contribution in [-0.2, 0) is 0 Å². The molecule has 0 fully saturated rings. The zero-order valence-corrected chi connectivity index (χ0v) is 9.84. The van der Waals surface area contributed by atoms with Gasteiger partial charge in [-0.2, -0.15) is 0 Å². The first-order valence-electron chi connectivity index (χ1n) is 5.38. The van der Waals surface area contributed by atoms with Crippen LogP contribution in [0.3, 0.4) is 0 Å². The summed E-state index contributed by atoms with van der Waals surface area (Å²) in [5.74, 6) is 0. The molecule has 0 aliphatic rings. The van der Waals surface area contributed by atoms with Crippen LogP contribution in [0.1, 0.15) is 59.3 Å². The second-order valence-electron chi connectivity index (χ2n) is 2.73. The van der Waals surface area contributed by atoms with Crippen LogP contribution in [0.4, 0.5) is 0 Å². The molecule has 0 saturated carbocycles. The van der Waals surface area contributed by atoms with Gasteiger partial charge in [0.05, 0.1) is 0 Å². The SMILES string of the molecule is CCCCCCCC.CCO.CO. The van der Waals surface area contributed by atoms with Gasteiger partial charge in [0.2, 0.25) is 0 Å². The Morgan fingerprint density at radius 3 is 1.08 bits per heavy atom. The molecule has 0 unspecified atom stereocenters. The molecule has 2 nitrogen and oxygen atoms in total. The lowest BCUT2D eigenvalue weighted by Gasteiger charge is -1.93. The standard InChI is InChI=1S/C8H18.C2H6O.CH4O/c1-3-5-7-8-6-4-2;1-2-3;1-2/h3-8H2,1-2H3;3H,2H2,1H3;2H,1H3. The van der Waals surface area contributed by atoms with Gasteiger partial charge in [-0.25, -0.2) is 0 Å². The Morgan fingerprint density at radius 2 is 0.923 bits per heavy atom. The van der Waals surface area contributed by atoms with E-state index in [1.165, 1.54) is 38.5 Å². The Bertz CT molecular complexity index is 41.4. The van der Waals surface area contributed by atoms with Crippen molar-refractivity contribution in [1.29, 1.82) is 0 Å². The van der Waals surface area contributed by atoms with E-state index in [0.717, 1.165) is 7.11 Å². The van der Waals surface area contributed by atoms with Gasteiger partial charge in [0, 0.05) is 13.7 Å². The summed E-state index contributed by atoms with van der Waals surface area (Å²) >= 11 is 0. The topological polar surface area (TPSA) is 40.5 Å². The van der Waals surface area contributed by atoms with Crippen molar-refractivity contribution in [3.63, 3.8) is 0 Å². The minimum Gasteiger partial charge on any atom is -0.400 e. The van der Waals surface area contributed by atoms with Crippen molar-refractivity contribution < 1.29 is 10.2 Å². The highest BCUT2D eigenvalue weighted by atomic mass is 16.2. The van der Waals surface area contributed by atoms with E-state index in [1.54, 1.807) is 6.92 Å². The zero-order valence-electron chi connectivity index (χ0n) is 9.84. The highest BCUT2D eigenvalue weighted by Gasteiger charge is 1.83. The van der Waals surface area contributed by atoms with Crippen LogP contribution in [0, 0.1) is 0 Å². The van der Waals surface area contributed by atoms with E-state index < -0.39 is 0 Å². The molecule has 0 aromatic heterocycles. The highest BCUT2D eigenvalue weighted by molar-refractivity contribution is 4.39. The number of hydrogen-bond donors (Lipinski definition) is 2. The van der Waals surface area contributed by atoms with E-state index >= 15 is 0 Å². The van der Waals surface area contributed by atoms with Crippen LogP contribution in [0.5, 0.6) is 0 Å². The van der Waals surface area contributed by atoms with E-state index in [4.69, 9.17) is 10.2 Å². The minimum atomic E-state index is 0.250. The Hall–Kier alpha value is -0.0800. The Kier molecular flexibility index (Phi) is 42.6. The fraction of sp³-hybridized carbons (Fsp3) is 1.00. The molecule has 0 bridgehead atoms. The summed E-state index contributed by atoms with van der Waals surface area (Å²) in [6.07, 6.45) is 8.49. The van der Waals surface area contributed by atoms with Crippen LogP contribution in [0.25, 0.3) is 0 Å². The summed E-state index contributed by atoms with van der Waals surface area (Å²) in [7, 11) is 1.00. The van der Waals surface area contributed by atoms with Gasteiger partial charge >= 0.3 is 0 Å². The van der Waals surface area contributed by atoms with Crippen molar-refractivity contribution in [3.8, 4) is 0 Å². The zero-order chi connectivity index (χ0) is 10.9. The second kappa shape index (κ2) is 29.7. The van der Waals surface area contributed by atoms with E-state index in [2.05, 4.69) is 13.8 Å². The average Bonchev–Trinajstić information content (AvgIpc) is 2.17. The maximum Gasteiger partial charge on any atom is 0.0402 e. The summed E-state index contributed by atoms with van der Waals surface area (Å²) in [6, 6.07) is 0. The third-order valence-corrected chi connectivity index (χ3v) is 1.46. The van der Waals surface area contributed by atoms with Crippen molar-refractivity contribution in [2.75, 3.05) is 13.7 Å². The fourth-order valence-corrected chi connectivity index (χ4v) is 0.854. The average molecular weight is 192 g/mol. The van der Waals surface area contributed by atoms with E-state index in [9.17, 15) is 0 Å². The van der Waals surface area contributed by atoms with Gasteiger partial charge in [-0.1, -0.05) is 52.4 Å². The lowest BCUT2D eigenvalue weighted by Crippen LogP contribution is -1.73. The molecule has 0 aliphatic heterocycles. The van der Waals surface area contributed by atoms with Crippen LogP contribution in [0.15, 0.2) is 0 Å². The molecule has 2 heteroatoms. The predicted molar refractivity (Wildman–Crippen MR) is 60.0 cm³/mol. The summed E-state index contributed by atoms with van der Waals surface area (Å²) < 4.78 is 0. The number of rotatable bonds is 5. The maximum absolute atomic E-state index is 7.57. The van der Waals surface area contributed by atoms with Gasteiger partial charge in [0.1, 0.15) is 0 Å². The van der Waals surface area contributed by atoms with Crippen LogP contribution in [0.2, 0.25) is 0 Å². The minimum absolute atomic E-state index is 0.250. The van der Waals surface area contributed by atoms with Gasteiger partial charge in [-0.3, -0.25) is 0 Å². The first-order chi connectivity index (χ1) is 6.33. The molecule has 0 saturated heterocycles. The Balaban J connectivity index is -0.000000169. The molecule has 2 N–H and O–H groups in total. The van der Waals surface area contributed by atoms with Gasteiger partial charge in [0.15, 0.2) is 0 Å². The van der Waals surface area contributed by atoms with Crippen molar-refractivity contribution in [2.45, 2.75) is 59.3 Å². The maximum atomic E-state index is 7.57.